The number of nitrogens with two attached hydrogens (primary N) is 1. The fourth-order valence-corrected chi connectivity index (χ4v) is 3.21. The highest BCUT2D eigenvalue weighted by atomic mass is 16.5. The fourth-order valence-electron chi connectivity index (χ4n) is 3.21. The molecule has 2 fully saturated rings. The van der Waals surface area contributed by atoms with Gasteiger partial charge in [0.05, 0.1) is 12.6 Å². The van der Waals surface area contributed by atoms with Gasteiger partial charge in [0.1, 0.15) is 5.82 Å². The van der Waals surface area contributed by atoms with Gasteiger partial charge in [0.15, 0.2) is 0 Å². The van der Waals surface area contributed by atoms with Crippen LogP contribution in [-0.2, 0) is 16.1 Å². The molecule has 22 heavy (non-hydrogen) atoms. The van der Waals surface area contributed by atoms with Crippen molar-refractivity contribution >= 4 is 5.91 Å². The highest BCUT2D eigenvalue weighted by molar-refractivity contribution is 5.82. The first-order valence-corrected chi connectivity index (χ1v) is 8.07. The van der Waals surface area contributed by atoms with Crippen molar-refractivity contribution in [3.63, 3.8) is 0 Å². The first-order chi connectivity index (χ1) is 10.7. The molecule has 1 atom stereocenters. The standard InChI is InChI=1S/C15H25N5O2/c16-14(12-1-9-22-10-2-12)15(21)20-7-5-19(6-8-20)11-13-17-3-4-18-13/h3-4,12,14H,1-2,5-11,16H2,(H,17,18). The van der Waals surface area contributed by atoms with E-state index in [4.69, 9.17) is 10.5 Å². The molecule has 0 aliphatic carbocycles. The SMILES string of the molecule is NC(C(=O)N1CCN(Cc2ncc[nH]2)CC1)C1CCOCC1. The van der Waals surface area contributed by atoms with Crippen LogP contribution in [0, 0.1) is 5.92 Å². The van der Waals surface area contributed by atoms with E-state index in [2.05, 4.69) is 14.9 Å². The maximum atomic E-state index is 12.5. The lowest BCUT2D eigenvalue weighted by Gasteiger charge is -2.37. The van der Waals surface area contributed by atoms with Gasteiger partial charge in [-0.15, -0.1) is 0 Å². The summed E-state index contributed by atoms with van der Waals surface area (Å²) in [5.74, 6) is 1.34. The van der Waals surface area contributed by atoms with Gasteiger partial charge >= 0.3 is 0 Å². The van der Waals surface area contributed by atoms with Crippen LogP contribution in [0.25, 0.3) is 0 Å². The minimum atomic E-state index is -0.375. The summed E-state index contributed by atoms with van der Waals surface area (Å²) in [6, 6.07) is -0.375. The van der Waals surface area contributed by atoms with Crippen molar-refractivity contribution in [1.29, 1.82) is 0 Å². The average Bonchev–Trinajstić information content (AvgIpc) is 3.08. The molecular formula is C15H25N5O2. The Labute approximate surface area is 130 Å². The van der Waals surface area contributed by atoms with Crippen molar-refractivity contribution in [3.05, 3.63) is 18.2 Å². The predicted octanol–water partition coefficient (Wildman–Crippen LogP) is -0.192. The number of hydrogen-bond acceptors (Lipinski definition) is 5. The van der Waals surface area contributed by atoms with E-state index in [1.165, 1.54) is 0 Å². The van der Waals surface area contributed by atoms with E-state index < -0.39 is 0 Å². The number of carbonyl (C=O) groups excluding carboxylic acids is 1. The molecule has 7 heteroatoms. The molecule has 1 aromatic heterocycles. The lowest BCUT2D eigenvalue weighted by atomic mass is 9.91. The van der Waals surface area contributed by atoms with Gasteiger partial charge in [0, 0.05) is 51.8 Å². The van der Waals surface area contributed by atoms with Gasteiger partial charge in [-0.3, -0.25) is 9.69 Å². The second kappa shape index (κ2) is 7.21. The fraction of sp³-hybridized carbons (Fsp3) is 0.733. The van der Waals surface area contributed by atoms with Crippen molar-refractivity contribution in [2.45, 2.75) is 25.4 Å². The number of nitrogens with one attached hydrogen (secondary N) is 1. The minimum Gasteiger partial charge on any atom is -0.381 e. The second-order valence-electron chi connectivity index (χ2n) is 6.11. The summed E-state index contributed by atoms with van der Waals surface area (Å²) in [4.78, 5) is 24.1. The van der Waals surface area contributed by atoms with E-state index in [1.54, 1.807) is 6.20 Å². The zero-order chi connectivity index (χ0) is 15.4. The van der Waals surface area contributed by atoms with Crippen molar-refractivity contribution < 1.29 is 9.53 Å². The van der Waals surface area contributed by atoms with E-state index in [-0.39, 0.29) is 17.9 Å². The molecule has 3 N–H and O–H groups in total. The summed E-state index contributed by atoms with van der Waals surface area (Å²) in [6.07, 6.45) is 5.39. The molecule has 0 bridgehead atoms. The van der Waals surface area contributed by atoms with Gasteiger partial charge in [-0.1, -0.05) is 0 Å². The van der Waals surface area contributed by atoms with Crippen molar-refractivity contribution in [1.82, 2.24) is 19.8 Å². The van der Waals surface area contributed by atoms with E-state index in [0.29, 0.717) is 0 Å². The molecule has 2 saturated heterocycles. The van der Waals surface area contributed by atoms with Gasteiger partial charge < -0.3 is 20.4 Å². The number of nitrogens with zero attached hydrogens (tertiary/aromatic N) is 3. The second-order valence-corrected chi connectivity index (χ2v) is 6.11. The smallest absolute Gasteiger partial charge is 0.239 e. The zero-order valence-corrected chi connectivity index (χ0v) is 12.9. The number of hydrogen-bond donors (Lipinski definition) is 2. The predicted molar refractivity (Wildman–Crippen MR) is 82.0 cm³/mol. The third kappa shape index (κ3) is 3.66. The Morgan fingerprint density at radius 2 is 2.09 bits per heavy atom. The minimum absolute atomic E-state index is 0.101. The molecule has 1 aromatic rings. The van der Waals surface area contributed by atoms with E-state index >= 15 is 0 Å². The normalized spacial score (nSPS) is 22.7. The topological polar surface area (TPSA) is 87.5 Å². The number of H-pyrrole nitrogens is 1. The summed E-state index contributed by atoms with van der Waals surface area (Å²) in [7, 11) is 0. The molecule has 0 radical (unpaired) electrons. The Morgan fingerprint density at radius 1 is 1.36 bits per heavy atom. The van der Waals surface area contributed by atoms with Gasteiger partial charge in [0.2, 0.25) is 5.91 Å². The summed E-state index contributed by atoms with van der Waals surface area (Å²) < 4.78 is 5.34. The Hall–Kier alpha value is -1.44. The van der Waals surface area contributed by atoms with Crippen LogP contribution in [0.4, 0.5) is 0 Å². The Balaban J connectivity index is 1.46. The van der Waals surface area contributed by atoms with Crippen molar-refractivity contribution in [2.24, 2.45) is 11.7 Å². The molecule has 0 saturated carbocycles. The summed E-state index contributed by atoms with van der Waals surface area (Å²) in [5, 5.41) is 0. The van der Waals surface area contributed by atoms with Gasteiger partial charge in [-0.25, -0.2) is 4.98 Å². The van der Waals surface area contributed by atoms with Crippen LogP contribution in [-0.4, -0.2) is 71.1 Å². The van der Waals surface area contributed by atoms with Gasteiger partial charge in [0.25, 0.3) is 0 Å². The summed E-state index contributed by atoms with van der Waals surface area (Å²) >= 11 is 0. The first-order valence-electron chi connectivity index (χ1n) is 8.07. The largest absolute Gasteiger partial charge is 0.381 e. The third-order valence-electron chi connectivity index (χ3n) is 4.67. The molecule has 1 amide bonds. The number of amides is 1. The molecule has 122 valence electrons. The van der Waals surface area contributed by atoms with Crippen LogP contribution in [0.15, 0.2) is 12.4 Å². The quantitative estimate of drug-likeness (QED) is 0.805. The monoisotopic (exact) mass is 307 g/mol. The van der Waals surface area contributed by atoms with Gasteiger partial charge in [-0.05, 0) is 18.8 Å². The van der Waals surface area contributed by atoms with Crippen LogP contribution in [0.3, 0.4) is 0 Å². The lowest BCUT2D eigenvalue weighted by Crippen LogP contribution is -2.55. The molecule has 7 nitrogen and oxygen atoms in total. The number of rotatable bonds is 4. The molecule has 0 spiro atoms. The highest BCUT2D eigenvalue weighted by Gasteiger charge is 2.31. The molecule has 2 aliphatic rings. The number of ether oxygens (including phenoxy) is 1. The number of carbonyl (C=O) groups is 1. The maximum Gasteiger partial charge on any atom is 0.239 e. The maximum absolute atomic E-state index is 12.5. The van der Waals surface area contributed by atoms with Gasteiger partial charge in [-0.2, -0.15) is 0 Å². The Bertz CT molecular complexity index is 464. The third-order valence-corrected chi connectivity index (χ3v) is 4.67. The summed E-state index contributed by atoms with van der Waals surface area (Å²) in [5.41, 5.74) is 6.19. The molecular weight excluding hydrogens is 282 g/mol. The van der Waals surface area contributed by atoms with Crippen LogP contribution < -0.4 is 5.73 Å². The average molecular weight is 307 g/mol. The zero-order valence-electron chi connectivity index (χ0n) is 12.9. The number of aromatic amines is 1. The van der Waals surface area contributed by atoms with Crippen molar-refractivity contribution in [3.8, 4) is 0 Å². The molecule has 0 aromatic carbocycles. The highest BCUT2D eigenvalue weighted by Crippen LogP contribution is 2.19. The van der Waals surface area contributed by atoms with Crippen molar-refractivity contribution in [2.75, 3.05) is 39.4 Å². The van der Waals surface area contributed by atoms with Crippen LogP contribution in [0.5, 0.6) is 0 Å². The Kier molecular flexibility index (Phi) is 5.07. The number of aromatic nitrogens is 2. The lowest BCUT2D eigenvalue weighted by molar-refractivity contribution is -0.136. The number of piperazine rings is 1. The van der Waals surface area contributed by atoms with Crippen LogP contribution in [0.2, 0.25) is 0 Å². The molecule has 1 unspecified atom stereocenters. The summed E-state index contributed by atoms with van der Waals surface area (Å²) in [6.45, 7) is 5.49. The van der Waals surface area contributed by atoms with E-state index in [0.717, 1.165) is 64.6 Å². The molecule has 2 aliphatic heterocycles. The Morgan fingerprint density at radius 3 is 2.73 bits per heavy atom. The van der Waals surface area contributed by atoms with E-state index in [1.807, 2.05) is 11.1 Å². The molecule has 3 rings (SSSR count). The van der Waals surface area contributed by atoms with Crippen LogP contribution >= 0.6 is 0 Å². The first kappa shape index (κ1) is 15.5. The van der Waals surface area contributed by atoms with E-state index in [9.17, 15) is 4.79 Å². The molecule has 3 heterocycles. The van der Waals surface area contributed by atoms with Crippen LogP contribution in [0.1, 0.15) is 18.7 Å². The number of imidazole rings is 1.